The highest BCUT2D eigenvalue weighted by atomic mass is 16.5. The summed E-state index contributed by atoms with van der Waals surface area (Å²) in [6, 6.07) is 2.30. The van der Waals surface area contributed by atoms with E-state index >= 15 is 0 Å². The second-order valence-corrected chi connectivity index (χ2v) is 7.07. The van der Waals surface area contributed by atoms with Gasteiger partial charge in [0, 0.05) is 32.2 Å². The Hall–Kier alpha value is -1.44. The number of morpholine rings is 1. The van der Waals surface area contributed by atoms with E-state index in [0.717, 1.165) is 38.3 Å². The Morgan fingerprint density at radius 1 is 1.32 bits per heavy atom. The second-order valence-electron chi connectivity index (χ2n) is 7.07. The van der Waals surface area contributed by atoms with Crippen molar-refractivity contribution in [2.45, 2.75) is 38.3 Å². The predicted octanol–water partition coefficient (Wildman–Crippen LogP) is 0.450. The number of aromatic nitrogens is 2. The van der Waals surface area contributed by atoms with E-state index in [4.69, 9.17) is 4.74 Å². The second kappa shape index (κ2) is 8.78. The van der Waals surface area contributed by atoms with Gasteiger partial charge in [0.1, 0.15) is 0 Å². The molecule has 7 heteroatoms. The van der Waals surface area contributed by atoms with Crippen molar-refractivity contribution in [2.24, 2.45) is 7.05 Å². The summed E-state index contributed by atoms with van der Waals surface area (Å²) < 4.78 is 7.27. The Morgan fingerprint density at radius 2 is 2.12 bits per heavy atom. The van der Waals surface area contributed by atoms with Crippen molar-refractivity contribution in [3.05, 3.63) is 22.6 Å². The largest absolute Gasteiger partial charge is 0.374 e. The number of likely N-dealkylation sites (tertiary alicyclic amines) is 1. The molecule has 140 valence electrons. The van der Waals surface area contributed by atoms with Crippen molar-refractivity contribution in [2.75, 3.05) is 50.8 Å². The molecule has 0 radical (unpaired) electrons. The van der Waals surface area contributed by atoms with E-state index in [1.165, 1.54) is 30.6 Å². The molecule has 1 atom stereocenters. The van der Waals surface area contributed by atoms with Gasteiger partial charge in [0.15, 0.2) is 0 Å². The van der Waals surface area contributed by atoms with Crippen molar-refractivity contribution < 1.29 is 4.74 Å². The van der Waals surface area contributed by atoms with Gasteiger partial charge in [-0.15, -0.1) is 0 Å². The van der Waals surface area contributed by atoms with E-state index in [1.807, 2.05) is 0 Å². The van der Waals surface area contributed by atoms with Gasteiger partial charge in [0.05, 0.1) is 24.6 Å². The SMILES string of the molecule is CCN1CCC(NCC[C@H]2CN(c3cnn(C)c(=O)c3)CCO2)CC1. The average molecular weight is 349 g/mol. The summed E-state index contributed by atoms with van der Waals surface area (Å²) in [5.41, 5.74) is 0.830. The highest BCUT2D eigenvalue weighted by molar-refractivity contribution is 5.43. The molecule has 2 aliphatic rings. The molecule has 1 aromatic rings. The van der Waals surface area contributed by atoms with E-state index in [2.05, 4.69) is 27.1 Å². The van der Waals surface area contributed by atoms with Gasteiger partial charge < -0.3 is 19.9 Å². The molecule has 7 nitrogen and oxygen atoms in total. The molecule has 25 heavy (non-hydrogen) atoms. The van der Waals surface area contributed by atoms with Crippen LogP contribution in [0.25, 0.3) is 0 Å². The number of rotatable bonds is 6. The standard InChI is InChI=1S/C18H31N5O2/c1-3-22-8-5-15(6-9-22)19-7-4-17-14-23(10-11-25-17)16-12-18(24)21(2)20-13-16/h12-13,15,17,19H,3-11,14H2,1-2H3/t17-/m0/s1. The van der Waals surface area contributed by atoms with E-state index in [1.54, 1.807) is 19.3 Å². The smallest absolute Gasteiger partial charge is 0.268 e. The molecule has 0 unspecified atom stereocenters. The summed E-state index contributed by atoms with van der Waals surface area (Å²) >= 11 is 0. The molecule has 0 bridgehead atoms. The fourth-order valence-electron chi connectivity index (χ4n) is 3.66. The maximum absolute atomic E-state index is 11.8. The summed E-state index contributed by atoms with van der Waals surface area (Å²) in [6.45, 7) is 9.14. The predicted molar refractivity (Wildman–Crippen MR) is 99.2 cm³/mol. The van der Waals surface area contributed by atoms with Gasteiger partial charge in [-0.1, -0.05) is 6.92 Å². The van der Waals surface area contributed by atoms with Gasteiger partial charge in [-0.2, -0.15) is 5.10 Å². The number of piperidine rings is 1. The van der Waals surface area contributed by atoms with E-state index in [-0.39, 0.29) is 11.7 Å². The molecule has 2 fully saturated rings. The van der Waals surface area contributed by atoms with Crippen LogP contribution in [0.4, 0.5) is 5.69 Å². The first-order valence-electron chi connectivity index (χ1n) is 9.51. The molecule has 0 spiro atoms. The first kappa shape index (κ1) is 18.4. The number of nitrogens with zero attached hydrogens (tertiary/aromatic N) is 4. The summed E-state index contributed by atoms with van der Waals surface area (Å²) in [6.07, 6.45) is 5.46. The van der Waals surface area contributed by atoms with Crippen molar-refractivity contribution >= 4 is 5.69 Å². The molecule has 0 saturated carbocycles. The summed E-state index contributed by atoms with van der Waals surface area (Å²) in [7, 11) is 1.67. The highest BCUT2D eigenvalue weighted by Gasteiger charge is 2.22. The first-order chi connectivity index (χ1) is 12.2. The van der Waals surface area contributed by atoms with Gasteiger partial charge in [-0.05, 0) is 45.4 Å². The monoisotopic (exact) mass is 349 g/mol. The van der Waals surface area contributed by atoms with E-state index < -0.39 is 0 Å². The van der Waals surface area contributed by atoms with Crippen LogP contribution in [0.2, 0.25) is 0 Å². The molecule has 2 saturated heterocycles. The van der Waals surface area contributed by atoms with Gasteiger partial charge in [0.2, 0.25) is 0 Å². The lowest BCUT2D eigenvalue weighted by molar-refractivity contribution is 0.0345. The Morgan fingerprint density at radius 3 is 2.84 bits per heavy atom. The summed E-state index contributed by atoms with van der Waals surface area (Å²) in [4.78, 5) is 16.5. The van der Waals surface area contributed by atoms with Crippen LogP contribution in [0.3, 0.4) is 0 Å². The number of hydrogen-bond acceptors (Lipinski definition) is 6. The summed E-state index contributed by atoms with van der Waals surface area (Å²) in [5.74, 6) is 0. The number of aryl methyl sites for hydroxylation is 1. The molecule has 0 aromatic carbocycles. The average Bonchev–Trinajstić information content (AvgIpc) is 2.65. The zero-order chi connectivity index (χ0) is 17.6. The minimum Gasteiger partial charge on any atom is -0.374 e. The maximum atomic E-state index is 11.8. The molecule has 1 aromatic heterocycles. The quantitative estimate of drug-likeness (QED) is 0.805. The molecule has 2 aliphatic heterocycles. The third-order valence-corrected chi connectivity index (χ3v) is 5.39. The molecule has 0 aliphatic carbocycles. The lowest BCUT2D eigenvalue weighted by Crippen LogP contribution is -2.46. The molecule has 1 N–H and O–H groups in total. The maximum Gasteiger partial charge on any atom is 0.268 e. The lowest BCUT2D eigenvalue weighted by atomic mass is 10.0. The van der Waals surface area contributed by atoms with Crippen LogP contribution in [0, 0.1) is 0 Å². The van der Waals surface area contributed by atoms with E-state index in [0.29, 0.717) is 12.6 Å². The number of ether oxygens (including phenoxy) is 1. The van der Waals surface area contributed by atoms with Crippen molar-refractivity contribution in [3.8, 4) is 0 Å². The number of hydrogen-bond donors (Lipinski definition) is 1. The Labute approximate surface area is 149 Å². The van der Waals surface area contributed by atoms with Crippen LogP contribution in [0.15, 0.2) is 17.1 Å². The Kier molecular flexibility index (Phi) is 6.45. The third-order valence-electron chi connectivity index (χ3n) is 5.39. The van der Waals surface area contributed by atoms with Crippen LogP contribution in [-0.2, 0) is 11.8 Å². The summed E-state index contributed by atoms with van der Waals surface area (Å²) in [5, 5.41) is 7.81. The lowest BCUT2D eigenvalue weighted by Gasteiger charge is -2.35. The van der Waals surface area contributed by atoms with Gasteiger partial charge in [0.25, 0.3) is 5.56 Å². The molecular formula is C18H31N5O2. The molecule has 3 rings (SSSR count). The van der Waals surface area contributed by atoms with Crippen LogP contribution >= 0.6 is 0 Å². The van der Waals surface area contributed by atoms with Gasteiger partial charge >= 0.3 is 0 Å². The Balaban J connectivity index is 1.43. The highest BCUT2D eigenvalue weighted by Crippen LogP contribution is 2.16. The van der Waals surface area contributed by atoms with Gasteiger partial charge in [-0.3, -0.25) is 4.79 Å². The van der Waals surface area contributed by atoms with Crippen molar-refractivity contribution in [1.29, 1.82) is 0 Å². The topological polar surface area (TPSA) is 62.6 Å². The Bertz CT molecular complexity index is 597. The molecule has 3 heterocycles. The number of anilines is 1. The van der Waals surface area contributed by atoms with Crippen LogP contribution in [-0.4, -0.2) is 72.7 Å². The van der Waals surface area contributed by atoms with E-state index in [9.17, 15) is 4.79 Å². The van der Waals surface area contributed by atoms with Crippen molar-refractivity contribution in [3.63, 3.8) is 0 Å². The van der Waals surface area contributed by atoms with Crippen LogP contribution in [0.1, 0.15) is 26.2 Å². The zero-order valence-corrected chi connectivity index (χ0v) is 15.5. The fraction of sp³-hybridized carbons (Fsp3) is 0.778. The molecular weight excluding hydrogens is 318 g/mol. The molecule has 0 amide bonds. The normalized spacial score (nSPS) is 23.1. The fourth-order valence-corrected chi connectivity index (χ4v) is 3.66. The van der Waals surface area contributed by atoms with Crippen LogP contribution < -0.4 is 15.8 Å². The minimum atomic E-state index is -0.0689. The number of nitrogens with one attached hydrogen (secondary N) is 1. The first-order valence-corrected chi connectivity index (χ1v) is 9.51. The van der Waals surface area contributed by atoms with Crippen molar-refractivity contribution in [1.82, 2.24) is 20.0 Å². The zero-order valence-electron chi connectivity index (χ0n) is 15.5. The minimum absolute atomic E-state index is 0.0689. The van der Waals surface area contributed by atoms with Crippen LogP contribution in [0.5, 0.6) is 0 Å². The third kappa shape index (κ3) is 5.03. The van der Waals surface area contributed by atoms with Gasteiger partial charge in [-0.25, -0.2) is 4.68 Å².